The van der Waals surface area contributed by atoms with Crippen LogP contribution in [0.15, 0.2) is 17.0 Å². The fraction of sp³-hybridized carbons (Fsp3) is 0.625. The number of nitrogens with zero attached hydrogens (tertiary/aromatic N) is 1. The van der Waals surface area contributed by atoms with Crippen molar-refractivity contribution in [3.05, 3.63) is 28.8 Å². The monoisotopic (exact) mass is 329 g/mol. The Morgan fingerprint density at radius 1 is 1.29 bits per heavy atom. The summed E-state index contributed by atoms with van der Waals surface area (Å²) in [6.45, 7) is 7.87. The second-order valence-electron chi connectivity index (χ2n) is 5.99. The number of sulfonamides is 1. The standard InChI is InChI=1S/C16H24ClNO2S/c1-5-15-7-6-12(3)18(15)21(19,20)16-9-14(10-17)8-11(2)13(16)4/h8-9,12,15H,5-7,10H2,1-4H3. The van der Waals surface area contributed by atoms with Gasteiger partial charge in [-0.15, -0.1) is 11.6 Å². The van der Waals surface area contributed by atoms with Gasteiger partial charge in [0.15, 0.2) is 0 Å². The summed E-state index contributed by atoms with van der Waals surface area (Å²) in [7, 11) is -3.46. The SMILES string of the molecule is CCC1CCC(C)N1S(=O)(=O)c1cc(CCl)cc(C)c1C. The number of hydrogen-bond donors (Lipinski definition) is 0. The molecule has 2 rings (SSSR count). The minimum atomic E-state index is -3.46. The third kappa shape index (κ3) is 2.99. The number of hydrogen-bond acceptors (Lipinski definition) is 2. The lowest BCUT2D eigenvalue weighted by Gasteiger charge is -2.28. The summed E-state index contributed by atoms with van der Waals surface area (Å²) in [5.41, 5.74) is 2.67. The van der Waals surface area contributed by atoms with E-state index in [0.29, 0.717) is 10.8 Å². The number of halogens is 1. The Bertz CT molecular complexity index is 627. The van der Waals surface area contributed by atoms with Crippen LogP contribution < -0.4 is 0 Å². The Morgan fingerprint density at radius 3 is 2.52 bits per heavy atom. The fourth-order valence-corrected chi connectivity index (χ4v) is 5.68. The number of rotatable bonds is 4. The predicted molar refractivity (Wildman–Crippen MR) is 87.3 cm³/mol. The topological polar surface area (TPSA) is 37.4 Å². The second-order valence-corrected chi connectivity index (χ2v) is 8.07. The molecule has 3 nitrogen and oxygen atoms in total. The summed E-state index contributed by atoms with van der Waals surface area (Å²) in [6, 6.07) is 3.89. The maximum absolute atomic E-state index is 13.1. The zero-order valence-corrected chi connectivity index (χ0v) is 14.8. The molecule has 1 fully saturated rings. The van der Waals surface area contributed by atoms with Gasteiger partial charge in [-0.3, -0.25) is 0 Å². The van der Waals surface area contributed by atoms with Crippen LogP contribution in [-0.2, 0) is 15.9 Å². The van der Waals surface area contributed by atoms with Crippen molar-refractivity contribution in [2.24, 2.45) is 0 Å². The summed E-state index contributed by atoms with van der Waals surface area (Å²) < 4.78 is 28.0. The molecule has 0 aliphatic carbocycles. The first kappa shape index (κ1) is 16.8. The Morgan fingerprint density at radius 2 is 1.95 bits per heavy atom. The lowest BCUT2D eigenvalue weighted by Crippen LogP contribution is -2.40. The first-order valence-electron chi connectivity index (χ1n) is 7.52. The van der Waals surface area contributed by atoms with Gasteiger partial charge in [0.05, 0.1) is 4.90 Å². The largest absolute Gasteiger partial charge is 0.243 e. The highest BCUT2D eigenvalue weighted by Crippen LogP contribution is 2.34. The van der Waals surface area contributed by atoms with E-state index in [2.05, 4.69) is 6.92 Å². The second kappa shape index (κ2) is 6.27. The Labute approximate surface area is 133 Å². The lowest BCUT2D eigenvalue weighted by molar-refractivity contribution is 0.328. The normalized spacial score (nSPS) is 23.7. The highest BCUT2D eigenvalue weighted by atomic mass is 35.5. The molecular formula is C16H24ClNO2S. The molecule has 0 radical (unpaired) electrons. The van der Waals surface area contributed by atoms with E-state index in [4.69, 9.17) is 11.6 Å². The van der Waals surface area contributed by atoms with E-state index in [1.165, 1.54) is 0 Å². The summed E-state index contributed by atoms with van der Waals surface area (Å²) in [5, 5.41) is 0. The van der Waals surface area contributed by atoms with Crippen molar-refractivity contribution in [3.63, 3.8) is 0 Å². The summed E-state index contributed by atoms with van der Waals surface area (Å²) in [5.74, 6) is 0.330. The zero-order chi connectivity index (χ0) is 15.8. The van der Waals surface area contributed by atoms with E-state index in [1.54, 1.807) is 10.4 Å². The van der Waals surface area contributed by atoms with Crippen molar-refractivity contribution in [3.8, 4) is 0 Å². The number of alkyl halides is 1. The zero-order valence-electron chi connectivity index (χ0n) is 13.2. The van der Waals surface area contributed by atoms with Gasteiger partial charge in [-0.2, -0.15) is 4.31 Å². The molecule has 2 unspecified atom stereocenters. The highest BCUT2D eigenvalue weighted by molar-refractivity contribution is 7.89. The molecule has 0 spiro atoms. The molecule has 2 atom stereocenters. The maximum atomic E-state index is 13.1. The van der Waals surface area contributed by atoms with Gasteiger partial charge in [0.2, 0.25) is 10.0 Å². The van der Waals surface area contributed by atoms with Crippen LogP contribution in [0.4, 0.5) is 0 Å². The molecular weight excluding hydrogens is 306 g/mol. The smallest absolute Gasteiger partial charge is 0.207 e. The van der Waals surface area contributed by atoms with Gasteiger partial charge in [-0.1, -0.05) is 13.0 Å². The molecule has 0 N–H and O–H groups in total. The predicted octanol–water partition coefficient (Wildman–Crippen LogP) is 3.99. The molecule has 1 heterocycles. The minimum absolute atomic E-state index is 0.0688. The molecule has 1 aromatic rings. The average molecular weight is 330 g/mol. The lowest BCUT2D eigenvalue weighted by atomic mass is 10.1. The molecule has 1 aliphatic rings. The van der Waals surface area contributed by atoms with Crippen molar-refractivity contribution >= 4 is 21.6 Å². The quantitative estimate of drug-likeness (QED) is 0.783. The average Bonchev–Trinajstić information content (AvgIpc) is 2.83. The van der Waals surface area contributed by atoms with E-state index in [-0.39, 0.29) is 12.1 Å². The van der Waals surface area contributed by atoms with Crippen molar-refractivity contribution in [1.82, 2.24) is 4.31 Å². The molecule has 0 aromatic heterocycles. The van der Waals surface area contributed by atoms with Gasteiger partial charge in [-0.05, 0) is 62.8 Å². The molecule has 118 valence electrons. The van der Waals surface area contributed by atoms with E-state index in [9.17, 15) is 8.42 Å². The van der Waals surface area contributed by atoms with Crippen molar-refractivity contribution < 1.29 is 8.42 Å². The molecule has 1 saturated heterocycles. The first-order valence-corrected chi connectivity index (χ1v) is 9.50. The summed E-state index contributed by atoms with van der Waals surface area (Å²) in [4.78, 5) is 0.422. The Kier molecular flexibility index (Phi) is 5.01. The van der Waals surface area contributed by atoms with Crippen LogP contribution in [-0.4, -0.2) is 24.8 Å². The van der Waals surface area contributed by atoms with Crippen LogP contribution in [0, 0.1) is 13.8 Å². The van der Waals surface area contributed by atoms with Crippen molar-refractivity contribution in [2.45, 2.75) is 69.8 Å². The van der Waals surface area contributed by atoms with Crippen LogP contribution >= 0.6 is 11.6 Å². The highest BCUT2D eigenvalue weighted by Gasteiger charge is 2.39. The molecule has 1 aromatic carbocycles. The maximum Gasteiger partial charge on any atom is 0.243 e. The van der Waals surface area contributed by atoms with Gasteiger partial charge in [0.1, 0.15) is 0 Å². The van der Waals surface area contributed by atoms with Crippen molar-refractivity contribution in [1.29, 1.82) is 0 Å². The molecule has 0 saturated carbocycles. The molecule has 1 aliphatic heterocycles. The molecule has 0 amide bonds. The van der Waals surface area contributed by atoms with E-state index < -0.39 is 10.0 Å². The summed E-state index contributed by atoms with van der Waals surface area (Å²) >= 11 is 5.91. The van der Waals surface area contributed by atoms with Crippen molar-refractivity contribution in [2.75, 3.05) is 0 Å². The van der Waals surface area contributed by atoms with Gasteiger partial charge in [-0.25, -0.2) is 8.42 Å². The molecule has 0 bridgehead atoms. The van der Waals surface area contributed by atoms with Gasteiger partial charge in [0.25, 0.3) is 0 Å². The van der Waals surface area contributed by atoms with Crippen LogP contribution in [0.3, 0.4) is 0 Å². The number of benzene rings is 1. The third-order valence-electron chi connectivity index (χ3n) is 4.57. The van der Waals surface area contributed by atoms with Gasteiger partial charge < -0.3 is 0 Å². The third-order valence-corrected chi connectivity index (χ3v) is 7.07. The van der Waals surface area contributed by atoms with Crippen LogP contribution in [0.5, 0.6) is 0 Å². The fourth-order valence-electron chi connectivity index (χ4n) is 3.22. The van der Waals surface area contributed by atoms with Crippen LogP contribution in [0.1, 0.15) is 49.8 Å². The molecule has 21 heavy (non-hydrogen) atoms. The van der Waals surface area contributed by atoms with Crippen LogP contribution in [0.25, 0.3) is 0 Å². The Hall–Kier alpha value is -0.580. The van der Waals surface area contributed by atoms with Gasteiger partial charge in [0, 0.05) is 18.0 Å². The Balaban J connectivity index is 2.56. The van der Waals surface area contributed by atoms with E-state index in [0.717, 1.165) is 36.0 Å². The van der Waals surface area contributed by atoms with E-state index >= 15 is 0 Å². The van der Waals surface area contributed by atoms with E-state index in [1.807, 2.05) is 26.8 Å². The number of aryl methyl sites for hydroxylation is 1. The molecule has 5 heteroatoms. The van der Waals surface area contributed by atoms with Gasteiger partial charge >= 0.3 is 0 Å². The summed E-state index contributed by atoms with van der Waals surface area (Å²) in [6.07, 6.45) is 2.74. The van der Waals surface area contributed by atoms with Crippen LogP contribution in [0.2, 0.25) is 0 Å². The first-order chi connectivity index (χ1) is 9.82. The minimum Gasteiger partial charge on any atom is -0.207 e.